The summed E-state index contributed by atoms with van der Waals surface area (Å²) in [7, 11) is 0. The van der Waals surface area contributed by atoms with Gasteiger partial charge in [-0.1, -0.05) is 19.1 Å². The Hall–Kier alpha value is -2.36. The number of anilines is 1. The number of hydrogen-bond acceptors (Lipinski definition) is 3. The molecule has 0 saturated heterocycles. The van der Waals surface area contributed by atoms with Crippen LogP contribution >= 0.6 is 0 Å². The number of hydrogen-bond donors (Lipinski definition) is 2. The summed E-state index contributed by atoms with van der Waals surface area (Å²) in [4.78, 5) is 12.2. The maximum absolute atomic E-state index is 5.72. The van der Waals surface area contributed by atoms with E-state index in [1.807, 2.05) is 18.2 Å². The van der Waals surface area contributed by atoms with Crippen molar-refractivity contribution in [1.29, 1.82) is 0 Å². The molecule has 4 heteroatoms. The normalized spacial score (nSPS) is 12.7. The minimum Gasteiger partial charge on any atom is -0.399 e. The lowest BCUT2D eigenvalue weighted by Crippen LogP contribution is -2.00. The Bertz CT molecular complexity index is 728. The summed E-state index contributed by atoms with van der Waals surface area (Å²) in [6, 6.07) is 10.0. The van der Waals surface area contributed by atoms with Crippen molar-refractivity contribution < 1.29 is 0 Å². The lowest BCUT2D eigenvalue weighted by Gasteiger charge is -2.10. The van der Waals surface area contributed by atoms with Crippen molar-refractivity contribution >= 4 is 16.9 Å². The second-order valence-electron chi connectivity index (χ2n) is 5.28. The third-order valence-corrected chi connectivity index (χ3v) is 3.65. The number of aryl methyl sites for hydroxylation is 1. The topological polar surface area (TPSA) is 67.6 Å². The van der Waals surface area contributed by atoms with E-state index in [0.29, 0.717) is 5.92 Å². The molecule has 2 heterocycles. The van der Waals surface area contributed by atoms with E-state index in [4.69, 9.17) is 5.73 Å². The minimum absolute atomic E-state index is 0.386. The van der Waals surface area contributed by atoms with Crippen LogP contribution in [0.5, 0.6) is 0 Å². The molecule has 0 aliphatic rings. The van der Waals surface area contributed by atoms with Crippen molar-refractivity contribution in [3.63, 3.8) is 0 Å². The van der Waals surface area contributed by atoms with Crippen molar-refractivity contribution in [2.75, 3.05) is 5.73 Å². The average molecular weight is 266 g/mol. The average Bonchev–Trinajstić information content (AvgIpc) is 2.83. The molecule has 0 aliphatic heterocycles. The first-order valence-electron chi connectivity index (χ1n) is 6.79. The molecule has 2 aromatic heterocycles. The fourth-order valence-corrected chi connectivity index (χ4v) is 2.41. The van der Waals surface area contributed by atoms with Crippen molar-refractivity contribution in [3.05, 3.63) is 53.5 Å². The number of benzene rings is 1. The summed E-state index contributed by atoms with van der Waals surface area (Å²) in [5.74, 6) is 1.36. The molecule has 0 fully saturated rings. The number of aromatic amines is 1. The highest BCUT2D eigenvalue weighted by Crippen LogP contribution is 2.22. The molecule has 3 rings (SSSR count). The number of pyridine rings is 1. The Morgan fingerprint density at radius 2 is 1.95 bits per heavy atom. The fourth-order valence-electron chi connectivity index (χ4n) is 2.41. The summed E-state index contributed by atoms with van der Waals surface area (Å²) in [6.45, 7) is 4.26. The Balaban J connectivity index is 1.85. The molecule has 102 valence electrons. The van der Waals surface area contributed by atoms with Gasteiger partial charge in [0.1, 0.15) is 5.82 Å². The molecular formula is C16H18N4. The van der Waals surface area contributed by atoms with Gasteiger partial charge in [-0.3, -0.25) is 0 Å². The Kier molecular flexibility index (Phi) is 3.14. The van der Waals surface area contributed by atoms with E-state index in [0.717, 1.165) is 29.1 Å². The van der Waals surface area contributed by atoms with E-state index in [1.54, 1.807) is 6.20 Å². The monoisotopic (exact) mass is 266 g/mol. The smallest absolute Gasteiger partial charge is 0.177 e. The highest BCUT2D eigenvalue weighted by Gasteiger charge is 2.11. The number of fused-ring (bicyclic) bond motifs is 1. The van der Waals surface area contributed by atoms with Crippen LogP contribution in [0.1, 0.15) is 29.8 Å². The van der Waals surface area contributed by atoms with Crippen molar-refractivity contribution in [2.45, 2.75) is 26.2 Å². The lowest BCUT2D eigenvalue weighted by atomic mass is 9.97. The van der Waals surface area contributed by atoms with Crippen LogP contribution in [0.15, 0.2) is 36.5 Å². The second-order valence-corrected chi connectivity index (χ2v) is 5.28. The van der Waals surface area contributed by atoms with Gasteiger partial charge in [0, 0.05) is 18.3 Å². The zero-order valence-electron chi connectivity index (χ0n) is 11.7. The predicted octanol–water partition coefficient (Wildman–Crippen LogP) is 3.19. The molecule has 0 saturated carbocycles. The third-order valence-electron chi connectivity index (χ3n) is 3.65. The van der Waals surface area contributed by atoms with Crippen LogP contribution in [0, 0.1) is 6.92 Å². The van der Waals surface area contributed by atoms with Gasteiger partial charge in [0.25, 0.3) is 0 Å². The van der Waals surface area contributed by atoms with Crippen LogP contribution in [-0.2, 0) is 6.42 Å². The van der Waals surface area contributed by atoms with Crippen LogP contribution in [0.3, 0.4) is 0 Å². The van der Waals surface area contributed by atoms with Crippen LogP contribution in [0.25, 0.3) is 11.2 Å². The Morgan fingerprint density at radius 1 is 1.20 bits per heavy atom. The van der Waals surface area contributed by atoms with Crippen molar-refractivity contribution in [3.8, 4) is 0 Å². The van der Waals surface area contributed by atoms with Gasteiger partial charge in [0.05, 0.1) is 5.52 Å². The van der Waals surface area contributed by atoms with Gasteiger partial charge in [-0.25, -0.2) is 9.97 Å². The Morgan fingerprint density at radius 3 is 2.65 bits per heavy atom. The Labute approximate surface area is 118 Å². The van der Waals surface area contributed by atoms with Crippen LogP contribution in [0.4, 0.5) is 5.69 Å². The first-order valence-corrected chi connectivity index (χ1v) is 6.79. The van der Waals surface area contributed by atoms with Crippen molar-refractivity contribution in [2.24, 2.45) is 0 Å². The highest BCUT2D eigenvalue weighted by molar-refractivity contribution is 5.74. The maximum atomic E-state index is 5.72. The number of nitrogens with one attached hydrogen (secondary N) is 1. The van der Waals surface area contributed by atoms with Gasteiger partial charge in [-0.15, -0.1) is 0 Å². The number of nitrogens with two attached hydrogens (primary N) is 1. The van der Waals surface area contributed by atoms with Gasteiger partial charge < -0.3 is 10.7 Å². The quantitative estimate of drug-likeness (QED) is 0.715. The molecule has 20 heavy (non-hydrogen) atoms. The summed E-state index contributed by atoms with van der Waals surface area (Å²) < 4.78 is 0. The maximum Gasteiger partial charge on any atom is 0.177 e. The van der Waals surface area contributed by atoms with E-state index in [9.17, 15) is 0 Å². The number of H-pyrrole nitrogens is 1. The van der Waals surface area contributed by atoms with Gasteiger partial charge >= 0.3 is 0 Å². The largest absolute Gasteiger partial charge is 0.399 e. The first-order chi connectivity index (χ1) is 9.63. The van der Waals surface area contributed by atoms with E-state index < -0.39 is 0 Å². The molecule has 3 aromatic rings. The number of aromatic nitrogens is 3. The standard InChI is InChI=1S/C16H18N4/c1-10-7-8-18-16-15(10)19-14(20-16)9-11(2)12-3-5-13(17)6-4-12/h3-8,11H,9,17H2,1-2H3,(H,18,19,20). The minimum atomic E-state index is 0.386. The number of rotatable bonds is 3. The number of nitrogens with zero attached hydrogens (tertiary/aromatic N) is 2. The van der Waals surface area contributed by atoms with Crippen molar-refractivity contribution in [1.82, 2.24) is 15.0 Å². The molecule has 0 radical (unpaired) electrons. The molecule has 0 aliphatic carbocycles. The van der Waals surface area contributed by atoms with E-state index in [1.165, 1.54) is 11.1 Å². The van der Waals surface area contributed by atoms with Crippen LogP contribution < -0.4 is 5.73 Å². The summed E-state index contributed by atoms with van der Waals surface area (Å²) in [5, 5.41) is 0. The lowest BCUT2D eigenvalue weighted by molar-refractivity contribution is 0.729. The number of nitrogen functional groups attached to an aromatic ring is 1. The highest BCUT2D eigenvalue weighted by atomic mass is 15.0. The van der Waals surface area contributed by atoms with Gasteiger partial charge in [0.2, 0.25) is 0 Å². The zero-order valence-corrected chi connectivity index (χ0v) is 11.7. The van der Waals surface area contributed by atoms with Gasteiger partial charge in [-0.2, -0.15) is 0 Å². The van der Waals surface area contributed by atoms with E-state index in [-0.39, 0.29) is 0 Å². The molecule has 1 atom stereocenters. The summed E-state index contributed by atoms with van der Waals surface area (Å²) >= 11 is 0. The SMILES string of the molecule is Cc1ccnc2nc(CC(C)c3ccc(N)cc3)[nH]c12. The van der Waals surface area contributed by atoms with Gasteiger partial charge in [0.15, 0.2) is 5.65 Å². The fraction of sp³-hybridized carbons (Fsp3) is 0.250. The van der Waals surface area contributed by atoms with E-state index in [2.05, 4.69) is 40.9 Å². The number of imidazole rings is 1. The molecule has 4 nitrogen and oxygen atoms in total. The van der Waals surface area contributed by atoms with Crippen LogP contribution in [-0.4, -0.2) is 15.0 Å². The molecule has 3 N–H and O–H groups in total. The summed E-state index contributed by atoms with van der Waals surface area (Å²) in [6.07, 6.45) is 2.66. The molecular weight excluding hydrogens is 248 g/mol. The molecule has 0 amide bonds. The second kappa shape index (κ2) is 4.96. The third kappa shape index (κ3) is 2.37. The molecule has 1 unspecified atom stereocenters. The zero-order chi connectivity index (χ0) is 14.1. The van der Waals surface area contributed by atoms with E-state index >= 15 is 0 Å². The molecule has 0 spiro atoms. The summed E-state index contributed by atoms with van der Waals surface area (Å²) in [5.41, 5.74) is 10.8. The van der Waals surface area contributed by atoms with Crippen LogP contribution in [0.2, 0.25) is 0 Å². The predicted molar refractivity (Wildman–Crippen MR) is 81.6 cm³/mol. The first kappa shape index (κ1) is 12.7. The van der Waals surface area contributed by atoms with Gasteiger partial charge in [-0.05, 0) is 42.2 Å². The molecule has 1 aromatic carbocycles. The molecule has 0 bridgehead atoms.